The van der Waals surface area contributed by atoms with Crippen LogP contribution in [0.25, 0.3) is 10.8 Å². The van der Waals surface area contributed by atoms with Crippen LogP contribution in [0.4, 0.5) is 0 Å². The number of fused-ring (bicyclic) bond motifs is 1. The quantitative estimate of drug-likeness (QED) is 0.356. The van der Waals surface area contributed by atoms with Gasteiger partial charge in [0.25, 0.3) is 0 Å². The Kier molecular flexibility index (Phi) is 10.5. The van der Waals surface area contributed by atoms with Crippen molar-refractivity contribution in [1.29, 1.82) is 0 Å². The highest BCUT2D eigenvalue weighted by molar-refractivity contribution is 5.93. The largest absolute Gasteiger partial charge is 0.368 e. The Bertz CT molecular complexity index is 1070. The van der Waals surface area contributed by atoms with Crippen LogP contribution in [0.1, 0.15) is 71.3 Å². The van der Waals surface area contributed by atoms with Crippen molar-refractivity contribution in [3.8, 4) is 0 Å². The molecule has 1 heterocycles. The lowest BCUT2D eigenvalue weighted by Crippen LogP contribution is -2.55. The first-order valence-corrected chi connectivity index (χ1v) is 13.9. The van der Waals surface area contributed by atoms with Crippen LogP contribution in [-0.2, 0) is 14.4 Å². The van der Waals surface area contributed by atoms with E-state index in [9.17, 15) is 14.4 Å². The summed E-state index contributed by atoms with van der Waals surface area (Å²) in [5.41, 5.74) is 6.88. The minimum atomic E-state index is -0.875. The molecule has 3 amide bonds. The fraction of sp³-hybridized carbons (Fsp3) is 0.567. The van der Waals surface area contributed by atoms with Crippen LogP contribution in [-0.4, -0.2) is 54.3 Å². The van der Waals surface area contributed by atoms with E-state index in [2.05, 4.69) is 36.6 Å². The smallest absolute Gasteiger partial charge is 0.243 e. The van der Waals surface area contributed by atoms with Gasteiger partial charge < -0.3 is 21.3 Å². The third-order valence-electron chi connectivity index (χ3n) is 7.57. The number of nitrogens with one attached hydrogen (secondary N) is 2. The fourth-order valence-corrected chi connectivity index (χ4v) is 5.41. The Morgan fingerprint density at radius 1 is 1.05 bits per heavy atom. The number of carbonyl (C=O) groups is 3. The molecule has 3 atom stereocenters. The molecule has 0 spiro atoms. The normalized spacial score (nSPS) is 17.4. The minimum Gasteiger partial charge on any atom is -0.368 e. The number of likely N-dealkylation sites (tertiary alicyclic amines) is 1. The van der Waals surface area contributed by atoms with Gasteiger partial charge >= 0.3 is 0 Å². The van der Waals surface area contributed by atoms with Gasteiger partial charge in [0.05, 0.1) is 0 Å². The van der Waals surface area contributed by atoms with Gasteiger partial charge in [0.2, 0.25) is 17.7 Å². The van der Waals surface area contributed by atoms with Crippen LogP contribution in [0, 0.1) is 11.8 Å². The highest BCUT2D eigenvalue weighted by Crippen LogP contribution is 2.28. The number of nitrogens with two attached hydrogens (primary N) is 1. The summed E-state index contributed by atoms with van der Waals surface area (Å²) in [7, 11) is 0. The van der Waals surface area contributed by atoms with E-state index in [4.69, 9.17) is 5.73 Å². The molecule has 7 nitrogen and oxygen atoms in total. The Morgan fingerprint density at radius 2 is 1.76 bits per heavy atom. The number of rotatable bonds is 13. The summed E-state index contributed by atoms with van der Waals surface area (Å²) < 4.78 is 0. The highest BCUT2D eigenvalue weighted by atomic mass is 16.2. The maximum atomic E-state index is 13.5. The van der Waals surface area contributed by atoms with Crippen molar-refractivity contribution in [2.45, 2.75) is 77.8 Å². The van der Waals surface area contributed by atoms with E-state index in [1.54, 1.807) is 4.90 Å². The third-order valence-corrected chi connectivity index (χ3v) is 7.57. The molecule has 3 unspecified atom stereocenters. The van der Waals surface area contributed by atoms with E-state index >= 15 is 0 Å². The average Bonchev–Trinajstić information content (AvgIpc) is 3.38. The Hall–Kier alpha value is -2.93. The van der Waals surface area contributed by atoms with Crippen molar-refractivity contribution in [1.82, 2.24) is 15.5 Å². The van der Waals surface area contributed by atoms with Crippen molar-refractivity contribution in [2.75, 3.05) is 19.6 Å². The highest BCUT2D eigenvalue weighted by Gasteiger charge is 2.39. The number of hydrogen-bond donors (Lipinski definition) is 3. The van der Waals surface area contributed by atoms with Crippen molar-refractivity contribution in [3.63, 3.8) is 0 Å². The molecular formula is C30H44N4O3. The molecule has 7 heteroatoms. The molecule has 0 aromatic heterocycles. The molecule has 1 aliphatic rings. The predicted molar refractivity (Wildman–Crippen MR) is 149 cm³/mol. The predicted octanol–water partition coefficient (Wildman–Crippen LogP) is 3.96. The molecule has 2 aromatic carbocycles. The van der Waals surface area contributed by atoms with Gasteiger partial charge in [0.15, 0.2) is 0 Å². The summed E-state index contributed by atoms with van der Waals surface area (Å²) in [5.74, 6) is -0.699. The Morgan fingerprint density at radius 3 is 2.41 bits per heavy atom. The van der Waals surface area contributed by atoms with Gasteiger partial charge in [-0.15, -0.1) is 0 Å². The second kappa shape index (κ2) is 13.6. The molecular weight excluding hydrogens is 464 g/mol. The number of amides is 3. The number of nitrogens with zero attached hydrogens (tertiary/aromatic N) is 1. The van der Waals surface area contributed by atoms with Crippen molar-refractivity contribution in [2.24, 2.45) is 17.6 Å². The van der Waals surface area contributed by atoms with E-state index in [0.717, 1.165) is 42.1 Å². The van der Waals surface area contributed by atoms with Crippen molar-refractivity contribution >= 4 is 28.5 Å². The van der Waals surface area contributed by atoms with Crippen LogP contribution < -0.4 is 16.4 Å². The summed E-state index contributed by atoms with van der Waals surface area (Å²) in [6.45, 7) is 10.4. The zero-order chi connectivity index (χ0) is 26.9. The lowest BCUT2D eigenvalue weighted by Gasteiger charge is -2.31. The first-order valence-electron chi connectivity index (χ1n) is 13.9. The maximum Gasteiger partial charge on any atom is 0.243 e. The van der Waals surface area contributed by atoms with Crippen molar-refractivity contribution in [3.05, 3.63) is 48.0 Å². The molecule has 0 aliphatic carbocycles. The second-order valence-electron chi connectivity index (χ2n) is 10.7. The molecule has 0 saturated carbocycles. The number of hydrogen-bond acceptors (Lipinski definition) is 4. The monoisotopic (exact) mass is 508 g/mol. The van der Waals surface area contributed by atoms with E-state index in [0.29, 0.717) is 31.8 Å². The van der Waals surface area contributed by atoms with Gasteiger partial charge in [-0.05, 0) is 67.4 Å². The minimum absolute atomic E-state index is 0.0299. The number of benzene rings is 2. The summed E-state index contributed by atoms with van der Waals surface area (Å²) in [6.07, 6.45) is 3.51. The SMILES string of the molecule is CCC(CC)C(=O)N1CCCC1C(=O)NC(C(N)=O)C(CCNCC(C)C)c1ccc2ccccc2c1. The van der Waals surface area contributed by atoms with Gasteiger partial charge in [-0.1, -0.05) is 70.2 Å². The Labute approximate surface area is 221 Å². The molecule has 2 aromatic rings. The van der Waals surface area contributed by atoms with Crippen LogP contribution >= 0.6 is 0 Å². The molecule has 1 aliphatic heterocycles. The molecule has 1 fully saturated rings. The standard InChI is InChI=1S/C30H44N4O3/c1-5-21(6-2)30(37)34-17-9-12-26(34)29(36)33-27(28(31)35)25(15-16-32-19-20(3)4)24-14-13-22-10-7-8-11-23(22)18-24/h7-8,10-11,13-14,18,20-21,25-27,32H,5-6,9,12,15-17,19H2,1-4H3,(H2,31,35)(H,33,36). The zero-order valence-electron chi connectivity index (χ0n) is 22.8. The topological polar surface area (TPSA) is 105 Å². The number of carbonyl (C=O) groups excluding carboxylic acids is 3. The van der Waals surface area contributed by atoms with E-state index in [-0.39, 0.29) is 23.7 Å². The second-order valence-corrected chi connectivity index (χ2v) is 10.7. The maximum absolute atomic E-state index is 13.5. The van der Waals surface area contributed by atoms with Crippen LogP contribution in [0.2, 0.25) is 0 Å². The summed E-state index contributed by atoms with van der Waals surface area (Å²) in [5, 5.41) is 8.62. The van der Waals surface area contributed by atoms with Gasteiger partial charge in [-0.2, -0.15) is 0 Å². The molecule has 4 N–H and O–H groups in total. The lowest BCUT2D eigenvalue weighted by molar-refractivity contribution is -0.142. The van der Waals surface area contributed by atoms with Gasteiger partial charge in [-0.3, -0.25) is 14.4 Å². The first-order chi connectivity index (χ1) is 17.8. The summed E-state index contributed by atoms with van der Waals surface area (Å²) >= 11 is 0. The zero-order valence-corrected chi connectivity index (χ0v) is 22.8. The Balaban J connectivity index is 1.85. The molecule has 0 radical (unpaired) electrons. The van der Waals surface area contributed by atoms with Gasteiger partial charge in [-0.25, -0.2) is 0 Å². The fourth-order valence-electron chi connectivity index (χ4n) is 5.41. The molecule has 1 saturated heterocycles. The molecule has 0 bridgehead atoms. The first kappa shape index (κ1) is 28.6. The van der Waals surface area contributed by atoms with E-state index in [1.807, 2.05) is 44.2 Å². The van der Waals surface area contributed by atoms with Crippen LogP contribution in [0.15, 0.2) is 42.5 Å². The van der Waals surface area contributed by atoms with Gasteiger partial charge in [0.1, 0.15) is 12.1 Å². The summed E-state index contributed by atoms with van der Waals surface area (Å²) in [6, 6.07) is 12.8. The van der Waals surface area contributed by atoms with E-state index in [1.165, 1.54) is 0 Å². The van der Waals surface area contributed by atoms with E-state index < -0.39 is 18.0 Å². The van der Waals surface area contributed by atoms with Crippen LogP contribution in [0.3, 0.4) is 0 Å². The van der Waals surface area contributed by atoms with Crippen molar-refractivity contribution < 1.29 is 14.4 Å². The average molecular weight is 509 g/mol. The third kappa shape index (κ3) is 7.31. The lowest BCUT2D eigenvalue weighted by atomic mass is 9.86. The molecule has 3 rings (SSSR count). The number of primary amides is 1. The molecule has 37 heavy (non-hydrogen) atoms. The van der Waals surface area contributed by atoms with Gasteiger partial charge in [0, 0.05) is 18.4 Å². The summed E-state index contributed by atoms with van der Waals surface area (Å²) in [4.78, 5) is 41.1. The molecule has 202 valence electrons. The van der Waals surface area contributed by atoms with Crippen LogP contribution in [0.5, 0.6) is 0 Å².